The molecule has 12 heteroatoms. The van der Waals surface area contributed by atoms with Crippen LogP contribution in [0.15, 0.2) is 69.9 Å². The quantitative estimate of drug-likeness (QED) is 0.278. The van der Waals surface area contributed by atoms with Gasteiger partial charge in [0.1, 0.15) is 17.8 Å². The standard InChI is InChI=1S/C26H21ClN4O7/c1-14-28-21-9-6-17(11-22(21)38-14)31(26(34,35)36)23(32)13-30-25(33)20-12-18(37-2)7-8-19(20)24(29-30)15-4-3-5-16(27)10-15/h3-12,34-36H,13H2,1-2H3. The highest BCUT2D eigenvalue weighted by molar-refractivity contribution is 6.30. The van der Waals surface area contributed by atoms with Crippen LogP contribution < -0.4 is 15.2 Å². The highest BCUT2D eigenvalue weighted by Gasteiger charge is 2.36. The van der Waals surface area contributed by atoms with Crippen LogP contribution in [0, 0.1) is 6.92 Å². The Morgan fingerprint density at radius 2 is 1.89 bits per heavy atom. The molecule has 5 rings (SSSR count). The summed E-state index contributed by atoms with van der Waals surface area (Å²) in [5.41, 5.74) is 0.892. The molecule has 1 amide bonds. The molecule has 0 spiro atoms. The molecule has 0 aliphatic rings. The fourth-order valence-electron chi connectivity index (χ4n) is 4.20. The molecule has 3 aromatic carbocycles. The predicted molar refractivity (Wildman–Crippen MR) is 139 cm³/mol. The van der Waals surface area contributed by atoms with Gasteiger partial charge in [0.05, 0.1) is 23.9 Å². The lowest BCUT2D eigenvalue weighted by atomic mass is 10.0. The number of rotatable bonds is 6. The normalized spacial score (nSPS) is 11.7. The lowest BCUT2D eigenvalue weighted by Crippen LogP contribution is -2.54. The average Bonchev–Trinajstić information content (AvgIpc) is 3.24. The second kappa shape index (κ2) is 9.54. The molecule has 0 aliphatic carbocycles. The zero-order chi connectivity index (χ0) is 27.2. The summed E-state index contributed by atoms with van der Waals surface area (Å²) in [5.74, 6) is -0.288. The molecule has 2 heterocycles. The summed E-state index contributed by atoms with van der Waals surface area (Å²) in [7, 11) is 1.45. The van der Waals surface area contributed by atoms with E-state index < -0.39 is 24.1 Å². The fraction of sp³-hybridized carbons (Fsp3) is 0.154. The number of amides is 1. The van der Waals surface area contributed by atoms with Crippen molar-refractivity contribution in [2.24, 2.45) is 0 Å². The molecule has 0 radical (unpaired) electrons. The number of aryl methyl sites for hydroxylation is 1. The molecular weight excluding hydrogens is 516 g/mol. The van der Waals surface area contributed by atoms with E-state index in [9.17, 15) is 24.9 Å². The Morgan fingerprint density at radius 3 is 2.61 bits per heavy atom. The second-order valence-electron chi connectivity index (χ2n) is 8.45. The third-order valence-corrected chi connectivity index (χ3v) is 6.07. The summed E-state index contributed by atoms with van der Waals surface area (Å²) in [6, 6.07) is 15.8. The van der Waals surface area contributed by atoms with Crippen molar-refractivity contribution in [2.45, 2.75) is 19.6 Å². The summed E-state index contributed by atoms with van der Waals surface area (Å²) in [5, 5.41) is 35.7. The van der Waals surface area contributed by atoms with E-state index in [0.717, 1.165) is 4.68 Å². The molecule has 38 heavy (non-hydrogen) atoms. The SMILES string of the molecule is COc1ccc2c(-c3cccc(Cl)c3)nn(CC(=O)N(c3ccc4nc(C)oc4c3)C(O)(O)O)c(=O)c2c1. The van der Waals surface area contributed by atoms with Crippen LogP contribution in [-0.4, -0.2) is 49.2 Å². The molecular formula is C26H21ClN4O7. The zero-order valence-electron chi connectivity index (χ0n) is 20.1. The van der Waals surface area contributed by atoms with Crippen molar-refractivity contribution in [2.75, 3.05) is 12.0 Å². The minimum atomic E-state index is -3.60. The van der Waals surface area contributed by atoms with Gasteiger partial charge in [0, 0.05) is 29.0 Å². The van der Waals surface area contributed by atoms with E-state index in [-0.39, 0.29) is 16.7 Å². The summed E-state index contributed by atoms with van der Waals surface area (Å²) in [6.07, 6.45) is -3.60. The Balaban J connectivity index is 1.63. The van der Waals surface area contributed by atoms with E-state index >= 15 is 0 Å². The first-order valence-corrected chi connectivity index (χ1v) is 11.6. The van der Waals surface area contributed by atoms with E-state index in [0.29, 0.717) is 43.7 Å². The molecule has 5 aromatic rings. The van der Waals surface area contributed by atoms with E-state index in [1.807, 2.05) is 0 Å². The molecule has 0 fully saturated rings. The summed E-state index contributed by atoms with van der Waals surface area (Å²) >= 11 is 6.18. The monoisotopic (exact) mass is 536 g/mol. The van der Waals surface area contributed by atoms with Gasteiger partial charge in [0.25, 0.3) is 11.5 Å². The number of aliphatic hydroxyl groups is 3. The molecule has 11 nitrogen and oxygen atoms in total. The molecule has 2 aromatic heterocycles. The first-order chi connectivity index (χ1) is 18.0. The van der Waals surface area contributed by atoms with E-state index in [4.69, 9.17) is 20.8 Å². The summed E-state index contributed by atoms with van der Waals surface area (Å²) < 4.78 is 11.6. The van der Waals surface area contributed by atoms with Crippen LogP contribution >= 0.6 is 11.6 Å². The zero-order valence-corrected chi connectivity index (χ0v) is 20.9. The average molecular weight is 537 g/mol. The van der Waals surface area contributed by atoms with Crippen LogP contribution in [0.1, 0.15) is 5.89 Å². The number of anilines is 1. The van der Waals surface area contributed by atoms with Crippen molar-refractivity contribution in [3.8, 4) is 17.0 Å². The van der Waals surface area contributed by atoms with Gasteiger partial charge >= 0.3 is 6.10 Å². The van der Waals surface area contributed by atoms with Crippen molar-refractivity contribution >= 4 is 45.1 Å². The molecule has 0 saturated carbocycles. The maximum atomic E-state index is 13.4. The maximum Gasteiger partial charge on any atom is 0.376 e. The van der Waals surface area contributed by atoms with Crippen molar-refractivity contribution in [3.05, 3.63) is 81.9 Å². The van der Waals surface area contributed by atoms with Gasteiger partial charge in [-0.25, -0.2) is 14.6 Å². The highest BCUT2D eigenvalue weighted by atomic mass is 35.5. The number of fused-ring (bicyclic) bond motifs is 2. The van der Waals surface area contributed by atoms with Gasteiger partial charge in [-0.3, -0.25) is 9.59 Å². The van der Waals surface area contributed by atoms with Gasteiger partial charge in [-0.1, -0.05) is 23.7 Å². The van der Waals surface area contributed by atoms with Gasteiger partial charge in [-0.2, -0.15) is 5.10 Å². The number of carbonyl (C=O) groups excluding carboxylic acids is 1. The molecule has 0 aliphatic heterocycles. The summed E-state index contributed by atoms with van der Waals surface area (Å²) in [6.45, 7) is 0.873. The van der Waals surface area contributed by atoms with Crippen molar-refractivity contribution in [1.82, 2.24) is 14.8 Å². The highest BCUT2D eigenvalue weighted by Crippen LogP contribution is 2.30. The number of benzene rings is 3. The minimum absolute atomic E-state index is 0.114. The Labute approximate surface area is 219 Å². The number of hydrogen-bond acceptors (Lipinski definition) is 9. The molecule has 0 unspecified atom stereocenters. The number of methoxy groups -OCH3 is 1. The molecule has 0 atom stereocenters. The van der Waals surface area contributed by atoms with E-state index in [2.05, 4.69) is 10.1 Å². The van der Waals surface area contributed by atoms with E-state index in [1.54, 1.807) is 43.3 Å². The van der Waals surface area contributed by atoms with Crippen LogP contribution in [0.5, 0.6) is 5.75 Å². The van der Waals surface area contributed by atoms with Crippen LogP contribution in [0.3, 0.4) is 0 Å². The Hall–Kier alpha value is -4.29. The smallest absolute Gasteiger partial charge is 0.376 e. The number of halogens is 1. The van der Waals surface area contributed by atoms with Crippen LogP contribution in [0.25, 0.3) is 33.1 Å². The van der Waals surface area contributed by atoms with E-state index in [1.165, 1.54) is 31.4 Å². The lowest BCUT2D eigenvalue weighted by molar-refractivity contribution is -0.306. The number of hydrogen-bond donors (Lipinski definition) is 3. The topological polar surface area (TPSA) is 151 Å². The second-order valence-corrected chi connectivity index (χ2v) is 8.88. The maximum absolute atomic E-state index is 13.4. The van der Waals surface area contributed by atoms with Gasteiger partial charge < -0.3 is 24.5 Å². The van der Waals surface area contributed by atoms with Gasteiger partial charge in [0.2, 0.25) is 0 Å². The van der Waals surface area contributed by atoms with Gasteiger partial charge in [-0.05, 0) is 42.5 Å². The number of aromatic nitrogens is 3. The van der Waals surface area contributed by atoms with Gasteiger partial charge in [-0.15, -0.1) is 0 Å². The number of oxazole rings is 1. The molecule has 3 N–H and O–H groups in total. The molecule has 194 valence electrons. The third-order valence-electron chi connectivity index (χ3n) is 5.84. The van der Waals surface area contributed by atoms with Crippen molar-refractivity contribution in [1.29, 1.82) is 0 Å². The summed E-state index contributed by atoms with van der Waals surface area (Å²) in [4.78, 5) is 31.2. The first-order valence-electron chi connectivity index (χ1n) is 11.3. The van der Waals surface area contributed by atoms with Crippen LogP contribution in [0.2, 0.25) is 5.02 Å². The van der Waals surface area contributed by atoms with Gasteiger partial charge in [0.15, 0.2) is 11.5 Å². The van der Waals surface area contributed by atoms with Crippen LogP contribution in [0.4, 0.5) is 5.69 Å². The molecule has 0 bridgehead atoms. The number of nitrogens with zero attached hydrogens (tertiary/aromatic N) is 4. The Morgan fingerprint density at radius 1 is 1.11 bits per heavy atom. The Bertz CT molecular complexity index is 1760. The molecule has 0 saturated heterocycles. The number of carbonyl (C=O) groups is 1. The third kappa shape index (κ3) is 4.71. The fourth-order valence-corrected chi connectivity index (χ4v) is 4.39. The first kappa shape index (κ1) is 25.4. The van der Waals surface area contributed by atoms with Crippen molar-refractivity contribution < 1.29 is 29.3 Å². The number of ether oxygens (including phenoxy) is 1. The van der Waals surface area contributed by atoms with Crippen molar-refractivity contribution in [3.63, 3.8) is 0 Å². The Kier molecular flexibility index (Phi) is 6.37. The lowest BCUT2D eigenvalue weighted by Gasteiger charge is -2.30. The minimum Gasteiger partial charge on any atom is -0.497 e. The van der Waals surface area contributed by atoms with Crippen LogP contribution in [-0.2, 0) is 11.3 Å². The predicted octanol–water partition coefficient (Wildman–Crippen LogP) is 2.80. The largest absolute Gasteiger partial charge is 0.497 e.